The minimum absolute atomic E-state index is 0.0664. The minimum atomic E-state index is -1.17. The van der Waals surface area contributed by atoms with Crippen molar-refractivity contribution in [2.24, 2.45) is 0 Å². The molecule has 0 heterocycles. The van der Waals surface area contributed by atoms with Crippen LogP contribution >= 0.6 is 11.8 Å². The molecule has 20 heavy (non-hydrogen) atoms. The molecule has 0 aliphatic rings. The van der Waals surface area contributed by atoms with E-state index in [1.54, 1.807) is 11.8 Å². The number of hydrogen-bond donors (Lipinski definition) is 2. The van der Waals surface area contributed by atoms with E-state index < -0.39 is 10.9 Å². The van der Waals surface area contributed by atoms with E-state index in [9.17, 15) is 14.9 Å². The average Bonchev–Trinajstić information content (AvgIpc) is 2.42. The van der Waals surface area contributed by atoms with Gasteiger partial charge in [-0.15, -0.1) is 0 Å². The van der Waals surface area contributed by atoms with Gasteiger partial charge >= 0.3 is 5.97 Å². The van der Waals surface area contributed by atoms with E-state index in [-0.39, 0.29) is 16.9 Å². The lowest BCUT2D eigenvalue weighted by molar-refractivity contribution is -0.384. The fourth-order valence-electron chi connectivity index (χ4n) is 1.82. The molecule has 0 bridgehead atoms. The van der Waals surface area contributed by atoms with Gasteiger partial charge in [0.2, 0.25) is 0 Å². The maximum absolute atomic E-state index is 11.1. The molecule has 110 valence electrons. The Labute approximate surface area is 121 Å². The number of thioether (sulfide) groups is 1. The molecular formula is C13H18N2O4S. The second-order valence-electron chi connectivity index (χ2n) is 4.24. The Balaban J connectivity index is 2.71. The smallest absolute Gasteiger partial charge is 0.338 e. The third-order valence-electron chi connectivity index (χ3n) is 2.80. The van der Waals surface area contributed by atoms with E-state index in [1.807, 2.05) is 6.26 Å². The summed E-state index contributed by atoms with van der Waals surface area (Å²) >= 11 is 1.78. The Hall–Kier alpha value is -1.76. The third kappa shape index (κ3) is 4.73. The summed E-state index contributed by atoms with van der Waals surface area (Å²) in [6, 6.07) is 4.05. The summed E-state index contributed by atoms with van der Waals surface area (Å²) in [7, 11) is 0. The second kappa shape index (κ2) is 8.42. The number of rotatable bonds is 9. The van der Waals surface area contributed by atoms with Gasteiger partial charge in [0.25, 0.3) is 5.69 Å². The molecule has 0 saturated carbocycles. The zero-order valence-electron chi connectivity index (χ0n) is 11.3. The highest BCUT2D eigenvalue weighted by atomic mass is 32.2. The van der Waals surface area contributed by atoms with Crippen molar-refractivity contribution < 1.29 is 14.8 Å². The topological polar surface area (TPSA) is 92.5 Å². The largest absolute Gasteiger partial charge is 0.478 e. The molecule has 0 amide bonds. The molecule has 0 spiro atoms. The van der Waals surface area contributed by atoms with E-state index in [4.69, 9.17) is 5.11 Å². The van der Waals surface area contributed by atoms with Gasteiger partial charge < -0.3 is 10.4 Å². The van der Waals surface area contributed by atoms with Gasteiger partial charge in [-0.3, -0.25) is 10.1 Å². The maximum atomic E-state index is 11.1. The normalized spacial score (nSPS) is 10.2. The number of benzene rings is 1. The highest BCUT2D eigenvalue weighted by Gasteiger charge is 2.20. The van der Waals surface area contributed by atoms with Crippen LogP contribution in [0.25, 0.3) is 0 Å². The molecule has 0 aromatic heterocycles. The van der Waals surface area contributed by atoms with Crippen LogP contribution in [0.2, 0.25) is 0 Å². The van der Waals surface area contributed by atoms with Crippen molar-refractivity contribution in [3.8, 4) is 0 Å². The van der Waals surface area contributed by atoms with Crippen LogP contribution in [0, 0.1) is 10.1 Å². The summed E-state index contributed by atoms with van der Waals surface area (Å²) in [6.45, 7) is 0.527. The molecule has 0 fully saturated rings. The highest BCUT2D eigenvalue weighted by molar-refractivity contribution is 7.98. The number of carbonyl (C=O) groups is 1. The first-order valence-corrected chi connectivity index (χ1v) is 7.70. The molecule has 0 unspecified atom stereocenters. The Morgan fingerprint density at radius 1 is 1.40 bits per heavy atom. The van der Waals surface area contributed by atoms with Crippen molar-refractivity contribution in [3.63, 3.8) is 0 Å². The second-order valence-corrected chi connectivity index (χ2v) is 5.23. The molecule has 1 aromatic rings. The number of carboxylic acids is 1. The number of hydrogen-bond acceptors (Lipinski definition) is 5. The number of nitro groups is 1. The molecule has 6 nitrogen and oxygen atoms in total. The first kappa shape index (κ1) is 16.3. The average molecular weight is 298 g/mol. The van der Waals surface area contributed by atoms with E-state index in [0.29, 0.717) is 6.54 Å². The van der Waals surface area contributed by atoms with Crippen LogP contribution in [0.3, 0.4) is 0 Å². The molecule has 0 atom stereocenters. The fourth-order valence-corrected chi connectivity index (χ4v) is 2.31. The summed E-state index contributed by atoms with van der Waals surface area (Å²) in [5.41, 5.74) is -0.174. The quantitative estimate of drug-likeness (QED) is 0.413. The van der Waals surface area contributed by atoms with Gasteiger partial charge in [0.1, 0.15) is 5.69 Å². The van der Waals surface area contributed by atoms with Gasteiger partial charge in [0.15, 0.2) is 0 Å². The van der Waals surface area contributed by atoms with Crippen LogP contribution in [0.4, 0.5) is 11.4 Å². The van der Waals surface area contributed by atoms with Crippen molar-refractivity contribution in [1.29, 1.82) is 0 Å². The summed E-state index contributed by atoms with van der Waals surface area (Å²) < 4.78 is 0. The van der Waals surface area contributed by atoms with E-state index in [0.717, 1.165) is 25.0 Å². The molecular weight excluding hydrogens is 280 g/mol. The lowest BCUT2D eigenvalue weighted by atomic mass is 10.1. The number of nitro benzene ring substituents is 1. The van der Waals surface area contributed by atoms with Gasteiger partial charge in [-0.25, -0.2) is 4.79 Å². The molecule has 0 aliphatic heterocycles. The Morgan fingerprint density at radius 2 is 2.15 bits per heavy atom. The van der Waals surface area contributed by atoms with Gasteiger partial charge in [-0.05, 0) is 30.9 Å². The molecule has 2 N–H and O–H groups in total. The Kier molecular flexibility index (Phi) is 6.86. The highest BCUT2D eigenvalue weighted by Crippen LogP contribution is 2.28. The lowest BCUT2D eigenvalue weighted by Gasteiger charge is -2.09. The van der Waals surface area contributed by atoms with Crippen molar-refractivity contribution in [2.45, 2.75) is 19.3 Å². The van der Waals surface area contributed by atoms with Gasteiger partial charge in [-0.1, -0.05) is 12.5 Å². The number of anilines is 1. The maximum Gasteiger partial charge on any atom is 0.338 e. The molecule has 0 saturated heterocycles. The van der Waals surface area contributed by atoms with Crippen molar-refractivity contribution in [3.05, 3.63) is 33.9 Å². The van der Waals surface area contributed by atoms with Crippen LogP contribution in [0.5, 0.6) is 0 Å². The minimum Gasteiger partial charge on any atom is -0.478 e. The van der Waals surface area contributed by atoms with Crippen LogP contribution in [-0.2, 0) is 0 Å². The molecule has 0 aliphatic carbocycles. The third-order valence-corrected chi connectivity index (χ3v) is 3.49. The zero-order valence-corrected chi connectivity index (χ0v) is 12.1. The van der Waals surface area contributed by atoms with Crippen LogP contribution in [-0.4, -0.2) is 34.6 Å². The van der Waals surface area contributed by atoms with Crippen LogP contribution in [0.15, 0.2) is 18.2 Å². The van der Waals surface area contributed by atoms with Crippen molar-refractivity contribution >= 4 is 29.1 Å². The Bertz CT molecular complexity index is 447. The summed E-state index contributed by atoms with van der Waals surface area (Å²) in [5.74, 6) is -0.0788. The summed E-state index contributed by atoms with van der Waals surface area (Å²) in [4.78, 5) is 21.5. The molecule has 7 heteroatoms. The van der Waals surface area contributed by atoms with Crippen molar-refractivity contribution in [1.82, 2.24) is 0 Å². The zero-order chi connectivity index (χ0) is 15.0. The predicted octanol–water partition coefficient (Wildman–Crippen LogP) is 3.24. The number of aromatic carboxylic acids is 1. The van der Waals surface area contributed by atoms with Gasteiger partial charge in [0, 0.05) is 12.6 Å². The van der Waals surface area contributed by atoms with Crippen molar-refractivity contribution in [2.75, 3.05) is 23.9 Å². The fraction of sp³-hybridized carbons (Fsp3) is 0.462. The van der Waals surface area contributed by atoms with E-state index in [1.165, 1.54) is 18.2 Å². The van der Waals surface area contributed by atoms with Gasteiger partial charge in [0.05, 0.1) is 10.5 Å². The number of unbranched alkanes of at least 4 members (excludes halogenated alkanes) is 2. The van der Waals surface area contributed by atoms with Crippen LogP contribution in [0.1, 0.15) is 29.6 Å². The Morgan fingerprint density at radius 3 is 2.75 bits per heavy atom. The van der Waals surface area contributed by atoms with Crippen LogP contribution < -0.4 is 5.32 Å². The molecule has 1 rings (SSSR count). The number of carboxylic acid groups (broad SMARTS) is 1. The standard InChI is InChI=1S/C13H18N2O4S/c1-20-9-4-2-3-8-14-12-10(13(16)17)6-5-7-11(12)15(18)19/h5-7,14H,2-4,8-9H2,1H3,(H,16,17). The lowest BCUT2D eigenvalue weighted by Crippen LogP contribution is -2.10. The summed E-state index contributed by atoms with van der Waals surface area (Å²) in [6.07, 6.45) is 5.00. The monoisotopic (exact) mass is 298 g/mol. The van der Waals surface area contributed by atoms with E-state index >= 15 is 0 Å². The molecule has 0 radical (unpaired) electrons. The van der Waals surface area contributed by atoms with E-state index in [2.05, 4.69) is 5.32 Å². The summed E-state index contributed by atoms with van der Waals surface area (Å²) in [5, 5.41) is 22.9. The number of nitrogens with zero attached hydrogens (tertiary/aromatic N) is 1. The number of nitrogens with one attached hydrogen (secondary N) is 1. The predicted molar refractivity (Wildman–Crippen MR) is 80.8 cm³/mol. The van der Waals surface area contributed by atoms with Gasteiger partial charge in [-0.2, -0.15) is 11.8 Å². The number of para-hydroxylation sites is 1. The first-order chi connectivity index (χ1) is 9.57. The SMILES string of the molecule is CSCCCCCNc1c(C(=O)O)cccc1[N+](=O)[O-]. The first-order valence-electron chi connectivity index (χ1n) is 6.31. The molecule has 1 aromatic carbocycles.